The molecule has 0 aliphatic heterocycles. The van der Waals surface area contributed by atoms with E-state index in [1.54, 1.807) is 24.5 Å². The van der Waals surface area contributed by atoms with Crippen LogP contribution in [0.25, 0.3) is 0 Å². The number of nitrogens with zero attached hydrogens (tertiary/aromatic N) is 1. The third kappa shape index (κ3) is 2.28. The van der Waals surface area contributed by atoms with Crippen LogP contribution in [0.3, 0.4) is 0 Å². The summed E-state index contributed by atoms with van der Waals surface area (Å²) in [7, 11) is 0. The summed E-state index contributed by atoms with van der Waals surface area (Å²) >= 11 is 0. The van der Waals surface area contributed by atoms with Crippen molar-refractivity contribution in [3.05, 3.63) is 53.4 Å². The van der Waals surface area contributed by atoms with Gasteiger partial charge in [0.1, 0.15) is 11.6 Å². The lowest BCUT2D eigenvalue weighted by Gasteiger charge is -2.10. The molecule has 1 atom stereocenters. The Kier molecular flexibility index (Phi) is 3.01. The van der Waals surface area contributed by atoms with E-state index in [0.29, 0.717) is 11.4 Å². The highest BCUT2D eigenvalue weighted by atomic mass is 19.1. The first kappa shape index (κ1) is 10.8. The molecule has 2 aromatic rings. The van der Waals surface area contributed by atoms with Gasteiger partial charge in [-0.1, -0.05) is 12.1 Å². The van der Waals surface area contributed by atoms with E-state index in [4.69, 9.17) is 0 Å². The van der Waals surface area contributed by atoms with Crippen LogP contribution in [0.15, 0.2) is 30.6 Å². The van der Waals surface area contributed by atoms with E-state index in [0.717, 1.165) is 5.56 Å². The molecule has 0 spiro atoms. The first-order valence-electron chi connectivity index (χ1n) is 5.09. The number of H-pyrrole nitrogens is 1. The zero-order valence-corrected chi connectivity index (χ0v) is 8.94. The third-order valence-electron chi connectivity index (χ3n) is 2.46. The molecule has 1 aromatic heterocycles. The summed E-state index contributed by atoms with van der Waals surface area (Å²) < 4.78 is 13.5. The largest absolute Gasteiger partial charge is 0.388 e. The summed E-state index contributed by atoms with van der Waals surface area (Å²) in [4.78, 5) is 6.87. The molecule has 0 fully saturated rings. The molecule has 4 heteroatoms. The van der Waals surface area contributed by atoms with Crippen molar-refractivity contribution in [2.24, 2.45) is 0 Å². The van der Waals surface area contributed by atoms with Crippen LogP contribution in [0.4, 0.5) is 4.39 Å². The molecule has 0 saturated heterocycles. The normalized spacial score (nSPS) is 12.7. The van der Waals surface area contributed by atoms with Crippen LogP contribution in [0.1, 0.15) is 23.1 Å². The van der Waals surface area contributed by atoms with Gasteiger partial charge in [0, 0.05) is 24.4 Å². The molecule has 16 heavy (non-hydrogen) atoms. The van der Waals surface area contributed by atoms with Crippen molar-refractivity contribution in [2.75, 3.05) is 0 Å². The fraction of sp³-hybridized carbons (Fsp3) is 0.250. The molecule has 1 aromatic carbocycles. The van der Waals surface area contributed by atoms with Crippen LogP contribution in [-0.2, 0) is 6.42 Å². The van der Waals surface area contributed by atoms with Crippen LogP contribution in [0.5, 0.6) is 0 Å². The number of aliphatic hydroxyl groups excluding tert-OH is 1. The lowest BCUT2D eigenvalue weighted by atomic mass is 10.0. The minimum Gasteiger partial charge on any atom is -0.388 e. The maximum Gasteiger partial charge on any atom is 0.129 e. The van der Waals surface area contributed by atoms with Gasteiger partial charge in [-0.15, -0.1) is 0 Å². The van der Waals surface area contributed by atoms with Crippen molar-refractivity contribution in [1.29, 1.82) is 0 Å². The third-order valence-corrected chi connectivity index (χ3v) is 2.46. The predicted molar refractivity (Wildman–Crippen MR) is 58.4 cm³/mol. The zero-order valence-electron chi connectivity index (χ0n) is 8.94. The molecule has 0 bridgehead atoms. The molecule has 0 saturated carbocycles. The monoisotopic (exact) mass is 220 g/mol. The van der Waals surface area contributed by atoms with Gasteiger partial charge in [0.2, 0.25) is 0 Å². The predicted octanol–water partition coefficient (Wildman–Crippen LogP) is 2.13. The number of imidazole rings is 1. The van der Waals surface area contributed by atoms with E-state index in [9.17, 15) is 9.50 Å². The second-order valence-electron chi connectivity index (χ2n) is 3.78. The second kappa shape index (κ2) is 4.45. The van der Waals surface area contributed by atoms with E-state index in [2.05, 4.69) is 9.97 Å². The number of aromatic amines is 1. The first-order chi connectivity index (χ1) is 7.66. The smallest absolute Gasteiger partial charge is 0.129 e. The van der Waals surface area contributed by atoms with Crippen molar-refractivity contribution in [3.63, 3.8) is 0 Å². The molecule has 0 aliphatic carbocycles. The van der Waals surface area contributed by atoms with Crippen molar-refractivity contribution >= 4 is 0 Å². The molecular weight excluding hydrogens is 207 g/mol. The molecule has 84 valence electrons. The first-order valence-corrected chi connectivity index (χ1v) is 5.09. The molecule has 0 aliphatic rings. The highest BCUT2D eigenvalue weighted by Crippen LogP contribution is 2.20. The molecule has 0 amide bonds. The summed E-state index contributed by atoms with van der Waals surface area (Å²) in [5.74, 6) is 0.270. The standard InChI is InChI=1S/C12H13FN2O/c1-8-2-3-9(10(13)6-8)11(16)7-12-14-4-5-15-12/h2-6,11,16H,7H2,1H3,(H,14,15). The van der Waals surface area contributed by atoms with Gasteiger partial charge in [0.25, 0.3) is 0 Å². The average molecular weight is 220 g/mol. The number of halogens is 1. The number of nitrogens with one attached hydrogen (secondary N) is 1. The van der Waals surface area contributed by atoms with Crippen molar-refractivity contribution < 1.29 is 9.50 Å². The Bertz CT molecular complexity index is 468. The highest BCUT2D eigenvalue weighted by molar-refractivity contribution is 5.25. The van der Waals surface area contributed by atoms with Crippen LogP contribution >= 0.6 is 0 Å². The van der Waals surface area contributed by atoms with Crippen molar-refractivity contribution in [3.8, 4) is 0 Å². The minimum absolute atomic E-state index is 0.285. The van der Waals surface area contributed by atoms with E-state index in [1.165, 1.54) is 6.07 Å². The zero-order chi connectivity index (χ0) is 11.5. The summed E-state index contributed by atoms with van der Waals surface area (Å²) in [6.45, 7) is 1.81. The number of hydrogen-bond acceptors (Lipinski definition) is 2. The van der Waals surface area contributed by atoms with Gasteiger partial charge in [-0.25, -0.2) is 9.37 Å². The fourth-order valence-electron chi connectivity index (χ4n) is 1.61. The Balaban J connectivity index is 2.17. The van der Waals surface area contributed by atoms with Gasteiger partial charge >= 0.3 is 0 Å². The number of rotatable bonds is 3. The van der Waals surface area contributed by atoms with Gasteiger partial charge in [-0.3, -0.25) is 0 Å². The lowest BCUT2D eigenvalue weighted by molar-refractivity contribution is 0.171. The van der Waals surface area contributed by atoms with Crippen LogP contribution in [0.2, 0.25) is 0 Å². The molecule has 2 rings (SSSR count). The topological polar surface area (TPSA) is 48.9 Å². The van der Waals surface area contributed by atoms with Gasteiger partial charge in [-0.05, 0) is 18.6 Å². The number of aryl methyl sites for hydroxylation is 1. The van der Waals surface area contributed by atoms with E-state index >= 15 is 0 Å². The van der Waals surface area contributed by atoms with Crippen molar-refractivity contribution in [2.45, 2.75) is 19.4 Å². The Morgan fingerprint density at radius 3 is 2.94 bits per heavy atom. The Hall–Kier alpha value is -1.68. The second-order valence-corrected chi connectivity index (χ2v) is 3.78. The number of hydrogen-bond donors (Lipinski definition) is 2. The number of aromatic nitrogens is 2. The quantitative estimate of drug-likeness (QED) is 0.832. The summed E-state index contributed by atoms with van der Waals surface area (Å²) in [6, 6.07) is 4.81. The highest BCUT2D eigenvalue weighted by Gasteiger charge is 2.14. The van der Waals surface area contributed by atoms with E-state index < -0.39 is 6.10 Å². The fourth-order valence-corrected chi connectivity index (χ4v) is 1.61. The molecule has 2 N–H and O–H groups in total. The van der Waals surface area contributed by atoms with Gasteiger partial charge in [-0.2, -0.15) is 0 Å². The minimum atomic E-state index is -0.869. The van der Waals surface area contributed by atoms with Crippen LogP contribution in [0, 0.1) is 12.7 Å². The molecular formula is C12H13FN2O. The summed E-state index contributed by atoms with van der Waals surface area (Å²) in [6.07, 6.45) is 2.69. The lowest BCUT2D eigenvalue weighted by Crippen LogP contribution is -2.05. The van der Waals surface area contributed by atoms with Gasteiger partial charge in [0.15, 0.2) is 0 Å². The maximum absolute atomic E-state index is 13.5. The molecule has 0 radical (unpaired) electrons. The van der Waals surface area contributed by atoms with Crippen molar-refractivity contribution in [1.82, 2.24) is 9.97 Å². The Labute approximate surface area is 93.0 Å². The van der Waals surface area contributed by atoms with Crippen LogP contribution < -0.4 is 0 Å². The SMILES string of the molecule is Cc1ccc(C(O)Cc2ncc[nH]2)c(F)c1. The van der Waals surface area contributed by atoms with Gasteiger partial charge < -0.3 is 10.1 Å². The molecule has 1 heterocycles. The van der Waals surface area contributed by atoms with Gasteiger partial charge in [0.05, 0.1) is 6.10 Å². The Morgan fingerprint density at radius 1 is 1.50 bits per heavy atom. The van der Waals surface area contributed by atoms with Crippen LogP contribution in [-0.4, -0.2) is 15.1 Å². The Morgan fingerprint density at radius 2 is 2.31 bits per heavy atom. The maximum atomic E-state index is 13.5. The van der Waals surface area contributed by atoms with E-state index in [1.807, 2.05) is 6.92 Å². The average Bonchev–Trinajstić information content (AvgIpc) is 2.70. The van der Waals surface area contributed by atoms with E-state index in [-0.39, 0.29) is 12.2 Å². The molecule has 3 nitrogen and oxygen atoms in total. The number of benzene rings is 1. The number of aliphatic hydroxyl groups is 1. The summed E-state index contributed by atoms with van der Waals surface area (Å²) in [5.41, 5.74) is 1.15. The molecule has 1 unspecified atom stereocenters. The summed E-state index contributed by atoms with van der Waals surface area (Å²) in [5, 5.41) is 9.86.